The van der Waals surface area contributed by atoms with Gasteiger partial charge in [0.25, 0.3) is 5.91 Å². The first-order valence-electron chi connectivity index (χ1n) is 6.53. The van der Waals surface area contributed by atoms with Crippen molar-refractivity contribution in [1.29, 1.82) is 0 Å². The van der Waals surface area contributed by atoms with E-state index in [0.717, 1.165) is 19.4 Å². The summed E-state index contributed by atoms with van der Waals surface area (Å²) in [7, 11) is 1.77. The minimum Gasteiger partial charge on any atom is -0.372 e. The fourth-order valence-corrected chi connectivity index (χ4v) is 2.31. The lowest BCUT2D eigenvalue weighted by atomic mass is 10.1. The summed E-state index contributed by atoms with van der Waals surface area (Å²) >= 11 is 0. The molecule has 0 bridgehead atoms. The molecule has 2 rings (SSSR count). The third-order valence-electron chi connectivity index (χ3n) is 3.42. The van der Waals surface area contributed by atoms with Crippen LogP contribution in [0.3, 0.4) is 0 Å². The Morgan fingerprint density at radius 3 is 3.00 bits per heavy atom. The number of rotatable bonds is 2. The van der Waals surface area contributed by atoms with Gasteiger partial charge in [0.1, 0.15) is 11.5 Å². The Hall–Kier alpha value is -1.65. The van der Waals surface area contributed by atoms with Crippen LogP contribution in [0.1, 0.15) is 43.1 Å². The van der Waals surface area contributed by atoms with E-state index in [1.165, 1.54) is 12.8 Å². The molecule has 1 N–H and O–H groups in total. The number of nitrogens with zero attached hydrogens (tertiary/aromatic N) is 3. The number of amides is 1. The molecule has 98 valence electrons. The van der Waals surface area contributed by atoms with E-state index in [0.29, 0.717) is 17.6 Å². The van der Waals surface area contributed by atoms with E-state index in [4.69, 9.17) is 0 Å². The molecular formula is C13H20N4O. The third kappa shape index (κ3) is 2.78. The number of hydrogen-bond acceptors (Lipinski definition) is 4. The lowest BCUT2D eigenvalue weighted by molar-refractivity contribution is 0.0691. The number of nitrogens with one attached hydrogen (secondary N) is 1. The number of anilines is 1. The standard InChI is InChI=1S/C13H20N4O/c1-10-6-4-3-5-7-17(10)13(18)11-8-15-9-12(14-2)16-11/h8-10H,3-7H2,1-2H3,(H,14,16). The summed E-state index contributed by atoms with van der Waals surface area (Å²) in [5.74, 6) is 0.623. The molecule has 0 spiro atoms. The number of aromatic nitrogens is 2. The molecule has 0 radical (unpaired) electrons. The van der Waals surface area contributed by atoms with E-state index in [-0.39, 0.29) is 5.91 Å². The van der Waals surface area contributed by atoms with Crippen molar-refractivity contribution in [3.63, 3.8) is 0 Å². The van der Waals surface area contributed by atoms with Gasteiger partial charge in [-0.3, -0.25) is 9.78 Å². The predicted molar refractivity (Wildman–Crippen MR) is 70.5 cm³/mol. The maximum atomic E-state index is 12.4. The fraction of sp³-hybridized carbons (Fsp3) is 0.615. The topological polar surface area (TPSA) is 58.1 Å². The zero-order valence-corrected chi connectivity index (χ0v) is 11.0. The predicted octanol–water partition coefficient (Wildman–Crippen LogP) is 1.92. The van der Waals surface area contributed by atoms with Gasteiger partial charge < -0.3 is 10.2 Å². The average molecular weight is 248 g/mol. The van der Waals surface area contributed by atoms with Crippen molar-refractivity contribution in [2.75, 3.05) is 18.9 Å². The van der Waals surface area contributed by atoms with Gasteiger partial charge in [-0.05, 0) is 19.8 Å². The normalized spacial score (nSPS) is 20.3. The van der Waals surface area contributed by atoms with Gasteiger partial charge in [0.15, 0.2) is 0 Å². The summed E-state index contributed by atoms with van der Waals surface area (Å²) in [5, 5.41) is 2.90. The van der Waals surface area contributed by atoms with Crippen LogP contribution in [-0.2, 0) is 0 Å². The summed E-state index contributed by atoms with van der Waals surface area (Å²) in [6, 6.07) is 0.292. The lowest BCUT2D eigenvalue weighted by Gasteiger charge is -2.26. The Kier molecular flexibility index (Phi) is 4.12. The number of likely N-dealkylation sites (tertiary alicyclic amines) is 1. The summed E-state index contributed by atoms with van der Waals surface area (Å²) in [5.41, 5.74) is 0.426. The Morgan fingerprint density at radius 1 is 1.39 bits per heavy atom. The van der Waals surface area contributed by atoms with Crippen molar-refractivity contribution in [2.45, 2.75) is 38.6 Å². The molecule has 1 saturated heterocycles. The van der Waals surface area contributed by atoms with Crippen molar-refractivity contribution in [2.24, 2.45) is 0 Å². The molecule has 5 nitrogen and oxygen atoms in total. The van der Waals surface area contributed by atoms with Crippen LogP contribution in [0.2, 0.25) is 0 Å². The van der Waals surface area contributed by atoms with Crippen LogP contribution < -0.4 is 5.32 Å². The summed E-state index contributed by atoms with van der Waals surface area (Å²) < 4.78 is 0. The minimum atomic E-state index is -0.00556. The number of carbonyl (C=O) groups excluding carboxylic acids is 1. The highest BCUT2D eigenvalue weighted by Crippen LogP contribution is 2.18. The highest BCUT2D eigenvalue weighted by Gasteiger charge is 2.24. The van der Waals surface area contributed by atoms with Crippen LogP contribution in [0.5, 0.6) is 0 Å². The largest absolute Gasteiger partial charge is 0.372 e. The quantitative estimate of drug-likeness (QED) is 0.868. The molecule has 2 heterocycles. The Balaban J connectivity index is 2.18. The van der Waals surface area contributed by atoms with Crippen molar-refractivity contribution >= 4 is 11.7 Å². The number of hydrogen-bond donors (Lipinski definition) is 1. The first kappa shape index (κ1) is 12.8. The highest BCUT2D eigenvalue weighted by molar-refractivity contribution is 5.92. The van der Waals surface area contributed by atoms with Gasteiger partial charge in [-0.1, -0.05) is 12.8 Å². The number of carbonyl (C=O) groups is 1. The monoisotopic (exact) mass is 248 g/mol. The summed E-state index contributed by atoms with van der Waals surface area (Å²) in [6.45, 7) is 2.93. The Bertz CT molecular complexity index is 421. The fourth-order valence-electron chi connectivity index (χ4n) is 2.31. The first-order chi connectivity index (χ1) is 8.72. The molecule has 1 aliphatic rings. The van der Waals surface area contributed by atoms with E-state index in [9.17, 15) is 4.79 Å². The minimum absolute atomic E-state index is 0.00556. The lowest BCUT2D eigenvalue weighted by Crippen LogP contribution is -2.38. The van der Waals surface area contributed by atoms with Crippen LogP contribution in [0.4, 0.5) is 5.82 Å². The van der Waals surface area contributed by atoms with Gasteiger partial charge in [-0.2, -0.15) is 0 Å². The molecule has 1 atom stereocenters. The Morgan fingerprint density at radius 2 is 2.22 bits per heavy atom. The van der Waals surface area contributed by atoms with Crippen molar-refractivity contribution in [3.05, 3.63) is 18.1 Å². The molecule has 0 saturated carbocycles. The second-order valence-electron chi connectivity index (χ2n) is 4.74. The summed E-state index contributed by atoms with van der Waals surface area (Å²) in [4.78, 5) is 22.7. The Labute approximate surface area is 108 Å². The molecule has 1 amide bonds. The third-order valence-corrected chi connectivity index (χ3v) is 3.42. The maximum Gasteiger partial charge on any atom is 0.274 e. The van der Waals surface area contributed by atoms with Crippen molar-refractivity contribution < 1.29 is 4.79 Å². The zero-order valence-electron chi connectivity index (χ0n) is 11.0. The van der Waals surface area contributed by atoms with E-state index in [1.807, 2.05) is 4.90 Å². The zero-order chi connectivity index (χ0) is 13.0. The van der Waals surface area contributed by atoms with Crippen LogP contribution >= 0.6 is 0 Å². The van der Waals surface area contributed by atoms with E-state index < -0.39 is 0 Å². The molecule has 0 aromatic carbocycles. The molecule has 5 heteroatoms. The van der Waals surface area contributed by atoms with Gasteiger partial charge in [-0.25, -0.2) is 4.98 Å². The van der Waals surface area contributed by atoms with E-state index in [2.05, 4.69) is 22.2 Å². The molecule has 1 aliphatic heterocycles. The molecule has 0 aliphatic carbocycles. The van der Waals surface area contributed by atoms with Crippen LogP contribution in [0.15, 0.2) is 12.4 Å². The van der Waals surface area contributed by atoms with Crippen LogP contribution in [-0.4, -0.2) is 40.4 Å². The molecule has 1 fully saturated rings. The van der Waals surface area contributed by atoms with Crippen molar-refractivity contribution in [1.82, 2.24) is 14.9 Å². The SMILES string of the molecule is CNc1cncc(C(=O)N2CCCCCC2C)n1. The molecule has 1 aromatic heterocycles. The van der Waals surface area contributed by atoms with Crippen LogP contribution in [0, 0.1) is 0 Å². The second-order valence-corrected chi connectivity index (χ2v) is 4.74. The highest BCUT2D eigenvalue weighted by atomic mass is 16.2. The maximum absolute atomic E-state index is 12.4. The molecule has 1 unspecified atom stereocenters. The van der Waals surface area contributed by atoms with Gasteiger partial charge in [0.2, 0.25) is 0 Å². The van der Waals surface area contributed by atoms with Crippen LogP contribution in [0.25, 0.3) is 0 Å². The molecule has 1 aromatic rings. The smallest absolute Gasteiger partial charge is 0.274 e. The molecule has 18 heavy (non-hydrogen) atoms. The average Bonchev–Trinajstić information content (AvgIpc) is 2.62. The molecular weight excluding hydrogens is 228 g/mol. The second kappa shape index (κ2) is 5.80. The van der Waals surface area contributed by atoms with Gasteiger partial charge in [0.05, 0.1) is 12.4 Å². The van der Waals surface area contributed by atoms with Gasteiger partial charge >= 0.3 is 0 Å². The van der Waals surface area contributed by atoms with E-state index >= 15 is 0 Å². The van der Waals surface area contributed by atoms with E-state index in [1.54, 1.807) is 19.4 Å². The van der Waals surface area contributed by atoms with Crippen molar-refractivity contribution in [3.8, 4) is 0 Å². The van der Waals surface area contributed by atoms with Gasteiger partial charge in [0, 0.05) is 19.6 Å². The summed E-state index contributed by atoms with van der Waals surface area (Å²) in [6.07, 6.45) is 7.72. The van der Waals surface area contributed by atoms with Gasteiger partial charge in [-0.15, -0.1) is 0 Å². The first-order valence-corrected chi connectivity index (χ1v) is 6.53.